The van der Waals surface area contributed by atoms with Crippen LogP contribution in [-0.4, -0.2) is 38.1 Å². The van der Waals surface area contributed by atoms with Crippen LogP contribution >= 0.6 is 11.6 Å². The van der Waals surface area contributed by atoms with E-state index in [9.17, 15) is 9.59 Å². The standard InChI is InChI=1S/C26H35ClN4O2/c1-25(2,3)22-15-21-23(32)30(16-18-10-9-11-19(27)14-18)26(4,17-31(21)29-22)24(33)28-20-12-7-5-6-8-13-20/h9-11,14-15,20H,5-8,12-13,16-17H2,1-4H3,(H,28,33). The number of nitrogens with one attached hydrogen (secondary N) is 1. The van der Waals surface area contributed by atoms with Crippen LogP contribution in [0.4, 0.5) is 0 Å². The third-order valence-corrected chi connectivity index (χ3v) is 7.21. The Balaban J connectivity index is 1.69. The highest BCUT2D eigenvalue weighted by molar-refractivity contribution is 6.30. The first kappa shape index (κ1) is 23.8. The molecule has 1 N–H and O–H groups in total. The molecular weight excluding hydrogens is 436 g/mol. The Hall–Kier alpha value is -2.34. The number of amides is 2. The Labute approximate surface area is 201 Å². The molecular formula is C26H35ClN4O2. The van der Waals surface area contributed by atoms with Gasteiger partial charge in [-0.15, -0.1) is 0 Å². The fourth-order valence-electron chi connectivity index (χ4n) is 4.84. The van der Waals surface area contributed by atoms with E-state index in [4.69, 9.17) is 16.7 Å². The topological polar surface area (TPSA) is 67.2 Å². The molecule has 33 heavy (non-hydrogen) atoms. The van der Waals surface area contributed by atoms with Crippen LogP contribution in [0.15, 0.2) is 30.3 Å². The van der Waals surface area contributed by atoms with Crippen molar-refractivity contribution in [1.82, 2.24) is 20.0 Å². The van der Waals surface area contributed by atoms with Gasteiger partial charge in [0.25, 0.3) is 5.91 Å². The molecule has 1 aromatic carbocycles. The van der Waals surface area contributed by atoms with E-state index in [1.54, 1.807) is 9.58 Å². The number of aromatic nitrogens is 2. The van der Waals surface area contributed by atoms with Gasteiger partial charge in [-0.1, -0.05) is 70.2 Å². The van der Waals surface area contributed by atoms with E-state index in [0.29, 0.717) is 23.8 Å². The lowest BCUT2D eigenvalue weighted by Crippen LogP contribution is -2.64. The molecule has 2 amide bonds. The van der Waals surface area contributed by atoms with Crippen molar-refractivity contribution >= 4 is 23.4 Å². The summed E-state index contributed by atoms with van der Waals surface area (Å²) >= 11 is 6.21. The summed E-state index contributed by atoms with van der Waals surface area (Å²) in [6.07, 6.45) is 6.68. The summed E-state index contributed by atoms with van der Waals surface area (Å²) in [4.78, 5) is 29.2. The molecule has 4 rings (SSSR count). The quantitative estimate of drug-likeness (QED) is 0.633. The lowest BCUT2D eigenvalue weighted by Gasteiger charge is -2.44. The Bertz CT molecular complexity index is 1030. The molecule has 1 atom stereocenters. The predicted molar refractivity (Wildman–Crippen MR) is 130 cm³/mol. The molecule has 2 heterocycles. The highest BCUT2D eigenvalue weighted by Crippen LogP contribution is 2.32. The van der Waals surface area contributed by atoms with E-state index in [1.807, 2.05) is 37.3 Å². The first-order valence-electron chi connectivity index (χ1n) is 12.0. The van der Waals surface area contributed by atoms with Crippen molar-refractivity contribution in [3.05, 3.63) is 52.3 Å². The molecule has 2 aromatic rings. The zero-order chi connectivity index (χ0) is 23.8. The fraction of sp³-hybridized carbons (Fsp3) is 0.577. The monoisotopic (exact) mass is 470 g/mol. The van der Waals surface area contributed by atoms with Crippen LogP contribution in [0, 0.1) is 0 Å². The average Bonchev–Trinajstić information content (AvgIpc) is 3.01. The van der Waals surface area contributed by atoms with Crippen LogP contribution in [0.1, 0.15) is 88.0 Å². The highest BCUT2D eigenvalue weighted by Gasteiger charge is 2.48. The molecule has 1 unspecified atom stereocenters. The molecule has 0 saturated heterocycles. The SMILES string of the molecule is CC(C)(C)c1cc2n(n1)CC(C)(C(=O)NC1CCCCCC1)N(Cc1cccc(Cl)c1)C2=O. The van der Waals surface area contributed by atoms with Gasteiger partial charge < -0.3 is 10.2 Å². The largest absolute Gasteiger partial charge is 0.351 e. The molecule has 1 aliphatic heterocycles. The van der Waals surface area contributed by atoms with Crippen LogP contribution in [0.25, 0.3) is 0 Å². The number of fused-ring (bicyclic) bond motifs is 1. The molecule has 1 aromatic heterocycles. The van der Waals surface area contributed by atoms with Gasteiger partial charge in [0.1, 0.15) is 11.2 Å². The minimum atomic E-state index is -1.06. The van der Waals surface area contributed by atoms with Gasteiger partial charge in [0.15, 0.2) is 0 Å². The second-order valence-electron chi connectivity index (χ2n) is 10.8. The van der Waals surface area contributed by atoms with Gasteiger partial charge in [0, 0.05) is 23.0 Å². The van der Waals surface area contributed by atoms with Gasteiger partial charge in [-0.3, -0.25) is 14.3 Å². The van der Waals surface area contributed by atoms with Gasteiger partial charge in [-0.05, 0) is 43.5 Å². The fourth-order valence-corrected chi connectivity index (χ4v) is 5.05. The van der Waals surface area contributed by atoms with E-state index < -0.39 is 5.54 Å². The summed E-state index contributed by atoms with van der Waals surface area (Å²) in [5, 5.41) is 8.63. The molecule has 2 aliphatic rings. The van der Waals surface area contributed by atoms with Gasteiger partial charge in [-0.25, -0.2) is 0 Å². The number of benzene rings is 1. The van der Waals surface area contributed by atoms with Crippen molar-refractivity contribution < 1.29 is 9.59 Å². The second-order valence-corrected chi connectivity index (χ2v) is 11.2. The molecule has 0 spiro atoms. The summed E-state index contributed by atoms with van der Waals surface area (Å²) in [5.74, 6) is -0.286. The van der Waals surface area contributed by atoms with Crippen molar-refractivity contribution in [3.8, 4) is 0 Å². The Kier molecular flexibility index (Phi) is 6.59. The van der Waals surface area contributed by atoms with Crippen molar-refractivity contribution in [2.24, 2.45) is 0 Å². The maximum atomic E-state index is 13.8. The summed E-state index contributed by atoms with van der Waals surface area (Å²) in [6.45, 7) is 8.73. The van der Waals surface area contributed by atoms with E-state index in [0.717, 1.165) is 36.9 Å². The summed E-state index contributed by atoms with van der Waals surface area (Å²) in [7, 11) is 0. The molecule has 1 fully saturated rings. The number of carbonyl (C=O) groups excluding carboxylic acids is 2. The molecule has 178 valence electrons. The summed E-state index contributed by atoms with van der Waals surface area (Å²) < 4.78 is 1.73. The molecule has 7 heteroatoms. The maximum Gasteiger partial charge on any atom is 0.273 e. The number of hydrogen-bond acceptors (Lipinski definition) is 3. The second kappa shape index (κ2) is 9.13. The van der Waals surface area contributed by atoms with E-state index >= 15 is 0 Å². The first-order chi connectivity index (χ1) is 15.6. The Morgan fingerprint density at radius 1 is 1.18 bits per heavy atom. The molecule has 1 saturated carbocycles. The summed E-state index contributed by atoms with van der Waals surface area (Å²) in [5.41, 5.74) is 1.03. The normalized spacial score (nSPS) is 22.1. The zero-order valence-electron chi connectivity index (χ0n) is 20.2. The highest BCUT2D eigenvalue weighted by atomic mass is 35.5. The van der Waals surface area contributed by atoms with Gasteiger partial charge in [0.2, 0.25) is 5.91 Å². The Morgan fingerprint density at radius 2 is 1.88 bits per heavy atom. The minimum Gasteiger partial charge on any atom is -0.351 e. The zero-order valence-corrected chi connectivity index (χ0v) is 20.9. The van der Waals surface area contributed by atoms with Crippen molar-refractivity contribution in [3.63, 3.8) is 0 Å². The van der Waals surface area contributed by atoms with Crippen LogP contribution in [0.5, 0.6) is 0 Å². The van der Waals surface area contributed by atoms with Crippen molar-refractivity contribution in [2.75, 3.05) is 0 Å². The van der Waals surface area contributed by atoms with Crippen LogP contribution < -0.4 is 5.32 Å². The average molecular weight is 471 g/mol. The van der Waals surface area contributed by atoms with Crippen LogP contribution in [0.2, 0.25) is 5.02 Å². The number of hydrogen-bond donors (Lipinski definition) is 1. The number of nitrogens with zero attached hydrogens (tertiary/aromatic N) is 3. The third-order valence-electron chi connectivity index (χ3n) is 6.98. The Morgan fingerprint density at radius 3 is 2.52 bits per heavy atom. The molecule has 1 aliphatic carbocycles. The lowest BCUT2D eigenvalue weighted by atomic mass is 9.91. The maximum absolute atomic E-state index is 13.8. The van der Waals surface area contributed by atoms with E-state index in [1.165, 1.54) is 12.8 Å². The van der Waals surface area contributed by atoms with Gasteiger partial charge in [0.05, 0.1) is 12.2 Å². The number of rotatable bonds is 4. The molecule has 6 nitrogen and oxygen atoms in total. The van der Waals surface area contributed by atoms with Gasteiger partial charge >= 0.3 is 0 Å². The van der Waals surface area contributed by atoms with Gasteiger partial charge in [-0.2, -0.15) is 5.10 Å². The smallest absolute Gasteiger partial charge is 0.273 e. The number of carbonyl (C=O) groups is 2. The minimum absolute atomic E-state index is 0.108. The van der Waals surface area contributed by atoms with Crippen molar-refractivity contribution in [1.29, 1.82) is 0 Å². The third kappa shape index (κ3) is 4.96. The van der Waals surface area contributed by atoms with E-state index in [2.05, 4.69) is 26.1 Å². The van der Waals surface area contributed by atoms with E-state index in [-0.39, 0.29) is 23.3 Å². The molecule has 0 bridgehead atoms. The predicted octanol–water partition coefficient (Wildman–Crippen LogP) is 5.09. The van der Waals surface area contributed by atoms with Crippen LogP contribution in [0.3, 0.4) is 0 Å². The summed E-state index contributed by atoms with van der Waals surface area (Å²) in [6, 6.07) is 9.50. The van der Waals surface area contributed by atoms with Crippen LogP contribution in [-0.2, 0) is 23.3 Å². The first-order valence-corrected chi connectivity index (χ1v) is 12.4. The van der Waals surface area contributed by atoms with Crippen molar-refractivity contribution in [2.45, 2.75) is 96.3 Å². The lowest BCUT2D eigenvalue weighted by molar-refractivity contribution is -0.134. The molecule has 0 radical (unpaired) electrons. The number of halogens is 1.